The molecule has 0 fully saturated rings. The van der Waals surface area contributed by atoms with Crippen LogP contribution in [0.1, 0.15) is 68.2 Å². The van der Waals surface area contributed by atoms with Crippen LogP contribution in [0, 0.1) is 0 Å². The molecule has 36 heavy (non-hydrogen) atoms. The molecule has 0 atom stereocenters. The first-order chi connectivity index (χ1) is 16.8. The first-order valence-electron chi connectivity index (χ1n) is 11.6. The van der Waals surface area contributed by atoms with Crippen LogP contribution < -0.4 is 4.74 Å². The summed E-state index contributed by atoms with van der Waals surface area (Å²) in [4.78, 5) is 14.5. The van der Waals surface area contributed by atoms with E-state index in [4.69, 9.17) is 9.47 Å². The van der Waals surface area contributed by atoms with Crippen LogP contribution in [0.3, 0.4) is 0 Å². The number of ether oxygens (including phenoxy) is 2. The Morgan fingerprint density at radius 1 is 0.972 bits per heavy atom. The van der Waals surface area contributed by atoms with Crippen molar-refractivity contribution in [2.75, 3.05) is 6.61 Å². The minimum absolute atomic E-state index is 0.0350. The molecule has 0 saturated carbocycles. The number of aromatic amines is 1. The number of hydrogen-bond acceptors (Lipinski definition) is 3. The minimum atomic E-state index is -5.09. The SMILES string of the molecule is CCOC(=O)CCCCc1cc(C(F)(F)F)c(Oc2ccc3[nH]cc(C(C)C)c3c2)c(C(F)(F)F)c1. The van der Waals surface area contributed by atoms with Gasteiger partial charge in [-0.2, -0.15) is 26.3 Å². The van der Waals surface area contributed by atoms with Crippen molar-refractivity contribution in [1.29, 1.82) is 0 Å². The van der Waals surface area contributed by atoms with Crippen molar-refractivity contribution in [2.24, 2.45) is 0 Å². The zero-order chi connectivity index (χ0) is 26.7. The number of fused-ring (bicyclic) bond motifs is 1. The number of aromatic nitrogens is 1. The summed E-state index contributed by atoms with van der Waals surface area (Å²) in [6.45, 7) is 5.68. The van der Waals surface area contributed by atoms with Gasteiger partial charge in [-0.1, -0.05) is 13.8 Å². The van der Waals surface area contributed by atoms with Crippen molar-refractivity contribution in [3.8, 4) is 11.5 Å². The third-order valence-electron chi connectivity index (χ3n) is 5.69. The monoisotopic (exact) mass is 515 g/mol. The molecule has 1 aromatic heterocycles. The Kier molecular flexibility index (Phi) is 8.26. The lowest BCUT2D eigenvalue weighted by Crippen LogP contribution is -2.15. The molecule has 3 aromatic rings. The van der Waals surface area contributed by atoms with Crippen LogP contribution in [0.15, 0.2) is 36.5 Å². The Morgan fingerprint density at radius 2 is 1.61 bits per heavy atom. The summed E-state index contributed by atoms with van der Waals surface area (Å²) >= 11 is 0. The number of carbonyl (C=O) groups is 1. The van der Waals surface area contributed by atoms with Crippen LogP contribution in [0.2, 0.25) is 0 Å². The first kappa shape index (κ1) is 27.4. The van der Waals surface area contributed by atoms with E-state index in [2.05, 4.69) is 4.98 Å². The Balaban J connectivity index is 1.99. The van der Waals surface area contributed by atoms with E-state index in [0.717, 1.165) is 5.56 Å². The fourth-order valence-electron chi connectivity index (χ4n) is 3.98. The topological polar surface area (TPSA) is 51.3 Å². The van der Waals surface area contributed by atoms with Gasteiger partial charge in [0.25, 0.3) is 0 Å². The van der Waals surface area contributed by atoms with Crippen molar-refractivity contribution in [2.45, 2.75) is 64.7 Å². The molecular formula is C26H27F6NO3. The predicted molar refractivity (Wildman–Crippen MR) is 123 cm³/mol. The number of aryl methyl sites for hydroxylation is 1. The average Bonchev–Trinajstić information content (AvgIpc) is 3.19. The van der Waals surface area contributed by atoms with Crippen molar-refractivity contribution < 1.29 is 40.6 Å². The van der Waals surface area contributed by atoms with Crippen LogP contribution in [-0.4, -0.2) is 17.6 Å². The summed E-state index contributed by atoms with van der Waals surface area (Å²) < 4.78 is 93.7. The molecule has 0 amide bonds. The van der Waals surface area contributed by atoms with Gasteiger partial charge in [0.05, 0.1) is 17.7 Å². The summed E-state index contributed by atoms with van der Waals surface area (Å²) in [5.41, 5.74) is -1.60. The molecule has 0 aliphatic heterocycles. The maximum absolute atomic E-state index is 13.9. The van der Waals surface area contributed by atoms with E-state index in [1.54, 1.807) is 19.2 Å². The Hall–Kier alpha value is -3.17. The number of alkyl halides is 6. The number of rotatable bonds is 9. The van der Waals surface area contributed by atoms with E-state index in [-0.39, 0.29) is 49.5 Å². The molecule has 1 heterocycles. The smallest absolute Gasteiger partial charge is 0.420 e. The summed E-state index contributed by atoms with van der Waals surface area (Å²) in [5, 5.41) is 0.655. The van der Waals surface area contributed by atoms with Crippen molar-refractivity contribution in [3.05, 3.63) is 58.8 Å². The summed E-state index contributed by atoms with van der Waals surface area (Å²) in [6, 6.07) is 5.68. The maximum atomic E-state index is 13.9. The molecule has 4 nitrogen and oxygen atoms in total. The highest BCUT2D eigenvalue weighted by molar-refractivity contribution is 5.85. The van der Waals surface area contributed by atoms with E-state index >= 15 is 0 Å². The van der Waals surface area contributed by atoms with Gasteiger partial charge in [-0.15, -0.1) is 0 Å². The fourth-order valence-corrected chi connectivity index (χ4v) is 3.98. The lowest BCUT2D eigenvalue weighted by molar-refractivity contribution is -0.145. The highest BCUT2D eigenvalue weighted by atomic mass is 19.4. The van der Waals surface area contributed by atoms with Crippen molar-refractivity contribution >= 4 is 16.9 Å². The third kappa shape index (κ3) is 6.53. The summed E-state index contributed by atoms with van der Waals surface area (Å²) in [6.07, 6.45) is -7.97. The lowest BCUT2D eigenvalue weighted by atomic mass is 9.98. The van der Waals surface area contributed by atoms with Gasteiger partial charge >= 0.3 is 18.3 Å². The number of halogens is 6. The quantitative estimate of drug-likeness (QED) is 0.177. The summed E-state index contributed by atoms with van der Waals surface area (Å²) in [7, 11) is 0. The molecule has 10 heteroatoms. The van der Waals surface area contributed by atoms with Crippen LogP contribution in [0.25, 0.3) is 10.9 Å². The van der Waals surface area contributed by atoms with Gasteiger partial charge in [0, 0.05) is 23.5 Å². The highest BCUT2D eigenvalue weighted by Crippen LogP contribution is 2.47. The number of hydrogen-bond donors (Lipinski definition) is 1. The van der Waals surface area contributed by atoms with Gasteiger partial charge in [0.1, 0.15) is 5.75 Å². The molecule has 0 saturated heterocycles. The Labute approximate surface area is 204 Å². The maximum Gasteiger partial charge on any atom is 0.420 e. The van der Waals surface area contributed by atoms with E-state index < -0.39 is 35.2 Å². The second-order valence-corrected chi connectivity index (χ2v) is 8.74. The highest BCUT2D eigenvalue weighted by Gasteiger charge is 2.43. The van der Waals surface area contributed by atoms with Crippen molar-refractivity contribution in [1.82, 2.24) is 4.98 Å². The molecule has 0 radical (unpaired) electrons. The van der Waals surface area contributed by atoms with E-state index in [1.165, 1.54) is 12.1 Å². The number of benzene rings is 2. The lowest BCUT2D eigenvalue weighted by Gasteiger charge is -2.21. The van der Waals surface area contributed by atoms with E-state index in [9.17, 15) is 31.1 Å². The summed E-state index contributed by atoms with van der Waals surface area (Å²) in [5.74, 6) is -1.81. The van der Waals surface area contributed by atoms with Crippen LogP contribution >= 0.6 is 0 Å². The molecule has 196 valence electrons. The Morgan fingerprint density at radius 3 is 2.17 bits per heavy atom. The predicted octanol–water partition coefficient (Wildman–Crippen LogP) is 8.40. The molecule has 0 bridgehead atoms. The fraction of sp³-hybridized carbons (Fsp3) is 0.423. The number of nitrogens with one attached hydrogen (secondary N) is 1. The molecule has 0 spiro atoms. The van der Waals surface area contributed by atoms with Crippen LogP contribution in [0.5, 0.6) is 11.5 Å². The molecule has 0 aliphatic rings. The minimum Gasteiger partial charge on any atom is -0.466 e. The average molecular weight is 515 g/mol. The van der Waals surface area contributed by atoms with E-state index in [1.807, 2.05) is 13.8 Å². The van der Waals surface area contributed by atoms with Gasteiger partial charge in [-0.3, -0.25) is 4.79 Å². The van der Waals surface area contributed by atoms with Gasteiger partial charge in [-0.25, -0.2) is 0 Å². The third-order valence-corrected chi connectivity index (χ3v) is 5.69. The molecule has 0 aliphatic carbocycles. The molecule has 3 rings (SSSR count). The molecule has 1 N–H and O–H groups in total. The second-order valence-electron chi connectivity index (χ2n) is 8.74. The van der Waals surface area contributed by atoms with Gasteiger partial charge in [0.15, 0.2) is 5.75 Å². The van der Waals surface area contributed by atoms with Crippen molar-refractivity contribution in [3.63, 3.8) is 0 Å². The first-order valence-corrected chi connectivity index (χ1v) is 11.6. The molecule has 0 unspecified atom stereocenters. The normalized spacial score (nSPS) is 12.4. The molecular weight excluding hydrogens is 488 g/mol. The largest absolute Gasteiger partial charge is 0.466 e. The number of carbonyl (C=O) groups excluding carboxylic acids is 1. The number of unbranched alkanes of at least 4 members (excludes halogenated alkanes) is 1. The Bertz CT molecular complexity index is 1180. The standard InChI is InChI=1S/C26H27F6NO3/c1-4-35-23(34)8-6-5-7-16-11-20(25(27,28)29)24(21(12-16)26(30,31)32)36-17-9-10-22-18(13-17)19(14-33-22)15(2)3/h9-15,33H,4-8H2,1-3H3. The number of esters is 1. The van der Waals surface area contributed by atoms with Gasteiger partial charge < -0.3 is 14.5 Å². The number of H-pyrrole nitrogens is 1. The second kappa shape index (κ2) is 10.8. The zero-order valence-corrected chi connectivity index (χ0v) is 20.1. The van der Waals surface area contributed by atoms with Crippen LogP contribution in [-0.2, 0) is 28.3 Å². The zero-order valence-electron chi connectivity index (χ0n) is 20.1. The van der Waals surface area contributed by atoms with Gasteiger partial charge in [-0.05, 0) is 73.6 Å². The van der Waals surface area contributed by atoms with Gasteiger partial charge in [0.2, 0.25) is 0 Å². The van der Waals surface area contributed by atoms with E-state index in [0.29, 0.717) is 23.0 Å². The molecule has 2 aromatic carbocycles. The van der Waals surface area contributed by atoms with Crippen LogP contribution in [0.4, 0.5) is 26.3 Å².